The summed E-state index contributed by atoms with van der Waals surface area (Å²) in [6.07, 6.45) is 0. The Labute approximate surface area is 103 Å². The summed E-state index contributed by atoms with van der Waals surface area (Å²) in [4.78, 5) is 16.2. The van der Waals surface area contributed by atoms with Crippen LogP contribution in [0.25, 0.3) is 0 Å². The van der Waals surface area contributed by atoms with Gasteiger partial charge < -0.3 is 0 Å². The van der Waals surface area contributed by atoms with Crippen LogP contribution in [0.2, 0.25) is 9.74 Å². The molecule has 0 saturated carbocycles. The second kappa shape index (κ2) is 6.92. The van der Waals surface area contributed by atoms with Gasteiger partial charge in [-0.3, -0.25) is 0 Å². The van der Waals surface area contributed by atoms with E-state index in [9.17, 15) is 4.79 Å². The predicted octanol–water partition coefficient (Wildman–Crippen LogP) is 1.60. The van der Waals surface area contributed by atoms with Gasteiger partial charge in [0.15, 0.2) is 0 Å². The molecular formula is C12H17O3Sb. The minimum atomic E-state index is -1.60. The molecule has 0 radical (unpaired) electrons. The van der Waals surface area contributed by atoms with E-state index in [0.717, 1.165) is 5.56 Å². The van der Waals surface area contributed by atoms with E-state index in [4.69, 9.17) is 9.84 Å². The van der Waals surface area contributed by atoms with Crippen LogP contribution in [0.4, 0.5) is 0 Å². The van der Waals surface area contributed by atoms with E-state index in [1.807, 2.05) is 30.3 Å². The molecule has 0 spiro atoms. The molecule has 0 amide bonds. The predicted molar refractivity (Wildman–Crippen MR) is 64.7 cm³/mol. The fourth-order valence-electron chi connectivity index (χ4n) is 1.51. The number of carbonyl (C=O) groups is 1. The Morgan fingerprint density at radius 3 is 2.50 bits per heavy atom. The Morgan fingerprint density at radius 2 is 2.00 bits per heavy atom. The molecule has 0 bridgehead atoms. The van der Waals surface area contributed by atoms with Gasteiger partial charge in [-0.05, 0) is 0 Å². The Morgan fingerprint density at radius 1 is 1.38 bits per heavy atom. The third-order valence-corrected chi connectivity index (χ3v) is 6.59. The molecule has 3 nitrogen and oxygen atoms in total. The number of hydrogen-bond acceptors (Lipinski definition) is 3. The minimum absolute atomic E-state index is 0.0734. The number of hydrogen-bond donors (Lipinski definition) is 1. The average Bonchev–Trinajstić information content (AvgIpc) is 2.27. The Kier molecular flexibility index (Phi) is 5.86. The first kappa shape index (κ1) is 13.5. The summed E-state index contributed by atoms with van der Waals surface area (Å²) >= 11 is -1.60. The topological polar surface area (TPSA) is 46.5 Å². The molecule has 1 aromatic carbocycles. The monoisotopic (exact) mass is 330 g/mol. The molecule has 0 fully saturated rings. The number of benzene rings is 1. The van der Waals surface area contributed by atoms with Crippen LogP contribution in [0.15, 0.2) is 30.3 Å². The van der Waals surface area contributed by atoms with Gasteiger partial charge in [0.25, 0.3) is 0 Å². The summed E-state index contributed by atoms with van der Waals surface area (Å²) in [6.45, 7) is -0.0195. The van der Waals surface area contributed by atoms with Crippen LogP contribution < -0.4 is 0 Å². The van der Waals surface area contributed by atoms with E-state index in [-0.39, 0.29) is 23.0 Å². The molecule has 1 N–H and O–H groups in total. The standard InChI is InChI=1S/C10H11O3.2CH3.Sb/c11-6-7-13-10(12)8-9-4-2-1-3-5-9;;;/h1-5,8,11H,6-7H2;2*1H3;. The zero-order chi connectivity index (χ0) is 12.0. The van der Waals surface area contributed by atoms with Crippen LogP contribution in [0.5, 0.6) is 0 Å². The second-order valence-corrected chi connectivity index (χ2v) is 10.6. The van der Waals surface area contributed by atoms with Crippen molar-refractivity contribution in [3.8, 4) is 0 Å². The van der Waals surface area contributed by atoms with E-state index in [0.29, 0.717) is 0 Å². The number of ether oxygens (including phenoxy) is 1. The number of esters is 1. The van der Waals surface area contributed by atoms with Crippen molar-refractivity contribution >= 4 is 26.2 Å². The zero-order valence-corrected chi connectivity index (χ0v) is 12.1. The molecule has 88 valence electrons. The second-order valence-electron chi connectivity index (χ2n) is 3.67. The van der Waals surface area contributed by atoms with E-state index in [1.54, 1.807) is 0 Å². The number of aliphatic hydroxyl groups excluding tert-OH is 1. The number of carbonyl (C=O) groups excluding carboxylic acids is 1. The first-order valence-electron chi connectivity index (χ1n) is 5.15. The Bertz CT molecular complexity index is 324. The van der Waals surface area contributed by atoms with Crippen LogP contribution in [0.3, 0.4) is 0 Å². The molecule has 4 heteroatoms. The van der Waals surface area contributed by atoms with Gasteiger partial charge in [-0.15, -0.1) is 0 Å². The molecular weight excluding hydrogens is 314 g/mol. The average molecular weight is 331 g/mol. The summed E-state index contributed by atoms with van der Waals surface area (Å²) in [5.41, 5.74) is 1.04. The molecule has 16 heavy (non-hydrogen) atoms. The maximum atomic E-state index is 11.9. The van der Waals surface area contributed by atoms with Crippen LogP contribution in [0.1, 0.15) is 9.43 Å². The van der Waals surface area contributed by atoms with Gasteiger partial charge in [0.05, 0.1) is 0 Å². The van der Waals surface area contributed by atoms with Crippen LogP contribution in [-0.4, -0.2) is 44.5 Å². The van der Waals surface area contributed by atoms with Crippen LogP contribution in [0, 0.1) is 0 Å². The molecule has 0 aliphatic rings. The van der Waals surface area contributed by atoms with Crippen LogP contribution >= 0.6 is 0 Å². The summed E-state index contributed by atoms with van der Waals surface area (Å²) in [6, 6.07) is 9.74. The molecule has 1 aromatic rings. The SMILES string of the molecule is [CH3][Sb]([CH3])[CH](C(=O)OCCO)c1ccccc1. The molecule has 0 saturated heterocycles. The van der Waals surface area contributed by atoms with Crippen LogP contribution in [-0.2, 0) is 9.53 Å². The van der Waals surface area contributed by atoms with Crippen molar-refractivity contribution < 1.29 is 14.6 Å². The van der Waals surface area contributed by atoms with Crippen molar-refractivity contribution in [3.05, 3.63) is 35.9 Å². The third-order valence-electron chi connectivity index (χ3n) is 2.19. The zero-order valence-electron chi connectivity index (χ0n) is 9.59. The summed E-state index contributed by atoms with van der Waals surface area (Å²) in [7, 11) is 0. The van der Waals surface area contributed by atoms with Crippen molar-refractivity contribution in [1.82, 2.24) is 0 Å². The molecule has 0 aliphatic heterocycles. The fraction of sp³-hybridized carbons (Fsp3) is 0.417. The van der Waals surface area contributed by atoms with Crippen molar-refractivity contribution in [2.45, 2.75) is 13.6 Å². The summed E-state index contributed by atoms with van der Waals surface area (Å²) in [5, 5.41) is 8.64. The Hall–Kier alpha value is -0.532. The quantitative estimate of drug-likeness (QED) is 0.659. The third kappa shape index (κ3) is 3.80. The van der Waals surface area contributed by atoms with Gasteiger partial charge in [-0.2, -0.15) is 0 Å². The number of aliphatic hydroxyl groups is 1. The Balaban J connectivity index is 2.79. The van der Waals surface area contributed by atoms with Gasteiger partial charge in [-0.25, -0.2) is 0 Å². The molecule has 0 aromatic heterocycles. The molecule has 0 heterocycles. The summed E-state index contributed by atoms with van der Waals surface area (Å²) < 4.78 is 4.95. The van der Waals surface area contributed by atoms with Crippen molar-refractivity contribution in [2.24, 2.45) is 0 Å². The van der Waals surface area contributed by atoms with Crippen molar-refractivity contribution in [1.29, 1.82) is 0 Å². The number of rotatable bonds is 5. The normalized spacial score (nSPS) is 12.5. The van der Waals surface area contributed by atoms with Gasteiger partial charge in [0, 0.05) is 0 Å². The first-order chi connectivity index (χ1) is 7.66. The van der Waals surface area contributed by atoms with E-state index >= 15 is 0 Å². The van der Waals surface area contributed by atoms with Gasteiger partial charge in [0.2, 0.25) is 0 Å². The van der Waals surface area contributed by atoms with Gasteiger partial charge >= 0.3 is 104 Å². The molecule has 1 unspecified atom stereocenters. The maximum absolute atomic E-state index is 11.9. The van der Waals surface area contributed by atoms with Crippen molar-refractivity contribution in [3.63, 3.8) is 0 Å². The summed E-state index contributed by atoms with van der Waals surface area (Å²) in [5.74, 6) is -0.187. The molecule has 0 aliphatic carbocycles. The van der Waals surface area contributed by atoms with Gasteiger partial charge in [0.1, 0.15) is 0 Å². The van der Waals surface area contributed by atoms with Crippen molar-refractivity contribution in [2.75, 3.05) is 13.2 Å². The molecule has 1 atom stereocenters. The molecule has 1 rings (SSSR count). The van der Waals surface area contributed by atoms with E-state index in [2.05, 4.69) is 9.74 Å². The van der Waals surface area contributed by atoms with E-state index in [1.165, 1.54) is 0 Å². The first-order valence-corrected chi connectivity index (χ1v) is 11.7. The van der Waals surface area contributed by atoms with E-state index < -0.39 is 20.2 Å². The van der Waals surface area contributed by atoms with Gasteiger partial charge in [-0.1, -0.05) is 0 Å². The fourth-order valence-corrected chi connectivity index (χ4v) is 5.11.